The highest BCUT2D eigenvalue weighted by Crippen LogP contribution is 2.16. The molecule has 2 aromatic carbocycles. The van der Waals surface area contributed by atoms with E-state index in [1.54, 1.807) is 24.3 Å². The topological polar surface area (TPSA) is 101 Å². The van der Waals surface area contributed by atoms with E-state index in [0.717, 1.165) is 23.3 Å². The van der Waals surface area contributed by atoms with Gasteiger partial charge in [-0.2, -0.15) is 0 Å². The number of nitrogens with zero attached hydrogens (tertiary/aromatic N) is 2. The van der Waals surface area contributed by atoms with Gasteiger partial charge in [-0.3, -0.25) is 4.79 Å². The molecule has 0 fully saturated rings. The van der Waals surface area contributed by atoms with Crippen molar-refractivity contribution in [2.75, 3.05) is 5.32 Å². The first-order valence-electron chi connectivity index (χ1n) is 9.21. The summed E-state index contributed by atoms with van der Waals surface area (Å²) in [5.41, 5.74) is 1.49. The zero-order valence-corrected chi connectivity index (χ0v) is 18.1. The predicted molar refractivity (Wildman–Crippen MR) is 113 cm³/mol. The average Bonchev–Trinajstić information content (AvgIpc) is 3.18. The van der Waals surface area contributed by atoms with E-state index >= 15 is 0 Å². The lowest BCUT2D eigenvalue weighted by atomic mass is 10.0. The van der Waals surface area contributed by atoms with Gasteiger partial charge in [0.15, 0.2) is 0 Å². The number of sulfonamides is 1. The van der Waals surface area contributed by atoms with Gasteiger partial charge in [-0.15, -0.1) is 10.2 Å². The van der Waals surface area contributed by atoms with Gasteiger partial charge in [0.05, 0.1) is 11.4 Å². The molecule has 0 aliphatic heterocycles. The molecule has 158 valence electrons. The Morgan fingerprint density at radius 3 is 2.37 bits per heavy atom. The number of aromatic nitrogens is 2. The van der Waals surface area contributed by atoms with Crippen LogP contribution in [0.15, 0.2) is 53.4 Å². The van der Waals surface area contributed by atoms with Gasteiger partial charge in [0.25, 0.3) is 5.91 Å². The molecule has 10 heteroatoms. The van der Waals surface area contributed by atoms with Gasteiger partial charge in [0, 0.05) is 5.69 Å². The minimum atomic E-state index is -3.71. The van der Waals surface area contributed by atoms with Crippen molar-refractivity contribution in [2.45, 2.75) is 31.7 Å². The summed E-state index contributed by atoms with van der Waals surface area (Å²) in [5, 5.41) is 10.6. The SMILES string of the molecule is CC(C)Cc1ccc(S(=O)(=O)NCc2nnc(C(=O)Nc3ccc(F)cc3)s2)cc1. The van der Waals surface area contributed by atoms with Crippen LogP contribution in [0, 0.1) is 11.7 Å². The van der Waals surface area contributed by atoms with E-state index < -0.39 is 21.7 Å². The highest BCUT2D eigenvalue weighted by atomic mass is 32.2. The van der Waals surface area contributed by atoms with Crippen molar-refractivity contribution in [3.05, 3.63) is 69.9 Å². The number of nitrogens with one attached hydrogen (secondary N) is 2. The highest BCUT2D eigenvalue weighted by molar-refractivity contribution is 7.89. The van der Waals surface area contributed by atoms with Gasteiger partial charge < -0.3 is 5.32 Å². The zero-order valence-electron chi connectivity index (χ0n) is 16.4. The van der Waals surface area contributed by atoms with Crippen LogP contribution >= 0.6 is 11.3 Å². The Kier molecular flexibility index (Phi) is 6.91. The van der Waals surface area contributed by atoms with Crippen molar-refractivity contribution >= 4 is 33.0 Å². The molecule has 0 saturated heterocycles. The number of halogens is 1. The number of amides is 1. The Balaban J connectivity index is 1.60. The van der Waals surface area contributed by atoms with Gasteiger partial charge in [-0.25, -0.2) is 17.5 Å². The summed E-state index contributed by atoms with van der Waals surface area (Å²) in [6.07, 6.45) is 0.876. The molecule has 0 bridgehead atoms. The zero-order chi connectivity index (χ0) is 21.7. The molecule has 0 unspecified atom stereocenters. The molecule has 0 radical (unpaired) electrons. The maximum Gasteiger partial charge on any atom is 0.286 e. The number of carbonyl (C=O) groups is 1. The third kappa shape index (κ3) is 5.91. The van der Waals surface area contributed by atoms with E-state index in [1.807, 2.05) is 0 Å². The predicted octanol–water partition coefficient (Wildman–Crippen LogP) is 3.61. The molecule has 1 amide bonds. The van der Waals surface area contributed by atoms with E-state index in [2.05, 4.69) is 34.1 Å². The van der Waals surface area contributed by atoms with Crippen LogP contribution in [0.2, 0.25) is 0 Å². The van der Waals surface area contributed by atoms with E-state index in [-0.39, 0.29) is 16.4 Å². The van der Waals surface area contributed by atoms with Crippen LogP contribution in [-0.2, 0) is 23.0 Å². The molecule has 0 aliphatic rings. The molecule has 1 aromatic heterocycles. The van der Waals surface area contributed by atoms with Crippen molar-refractivity contribution in [2.24, 2.45) is 5.92 Å². The fraction of sp³-hybridized carbons (Fsp3) is 0.250. The van der Waals surface area contributed by atoms with E-state index in [0.29, 0.717) is 16.6 Å². The van der Waals surface area contributed by atoms with Gasteiger partial charge >= 0.3 is 0 Å². The van der Waals surface area contributed by atoms with Crippen LogP contribution < -0.4 is 10.0 Å². The van der Waals surface area contributed by atoms with Crippen molar-refractivity contribution in [3.63, 3.8) is 0 Å². The van der Waals surface area contributed by atoms with Gasteiger partial charge in [-0.05, 0) is 54.3 Å². The molecule has 1 heterocycles. The monoisotopic (exact) mass is 448 g/mol. The molecule has 7 nitrogen and oxygen atoms in total. The summed E-state index contributed by atoms with van der Waals surface area (Å²) >= 11 is 0.973. The standard InChI is InChI=1S/C20H21FN4O3S2/c1-13(2)11-14-3-9-17(10-4-14)30(27,28)22-12-18-24-25-20(29-18)19(26)23-16-7-5-15(21)6-8-16/h3-10,13,22H,11-12H2,1-2H3,(H,23,26). The molecule has 0 saturated carbocycles. The Morgan fingerprint density at radius 1 is 1.07 bits per heavy atom. The number of anilines is 1. The van der Waals surface area contributed by atoms with Gasteiger partial charge in [0.2, 0.25) is 15.0 Å². The second-order valence-corrected chi connectivity index (χ2v) is 9.86. The second kappa shape index (κ2) is 9.41. The fourth-order valence-corrected chi connectivity index (χ4v) is 4.40. The molecular weight excluding hydrogens is 427 g/mol. The maximum atomic E-state index is 12.9. The first-order chi connectivity index (χ1) is 14.2. The molecule has 3 aromatic rings. The molecule has 30 heavy (non-hydrogen) atoms. The Bertz CT molecular complexity index is 1110. The number of hydrogen-bond acceptors (Lipinski definition) is 6. The Labute approximate surface area is 178 Å². The molecular formula is C20H21FN4O3S2. The van der Waals surface area contributed by atoms with E-state index in [9.17, 15) is 17.6 Å². The number of rotatable bonds is 8. The lowest BCUT2D eigenvalue weighted by Gasteiger charge is -2.08. The smallest absolute Gasteiger partial charge is 0.286 e. The van der Waals surface area contributed by atoms with Crippen LogP contribution in [0.1, 0.15) is 34.2 Å². The average molecular weight is 449 g/mol. The van der Waals surface area contributed by atoms with E-state index in [4.69, 9.17) is 0 Å². The first kappa shape index (κ1) is 22.0. The lowest BCUT2D eigenvalue weighted by Crippen LogP contribution is -2.23. The van der Waals surface area contributed by atoms with Crippen LogP contribution in [0.4, 0.5) is 10.1 Å². The highest BCUT2D eigenvalue weighted by Gasteiger charge is 2.17. The third-order valence-corrected chi connectivity index (χ3v) is 6.39. The van der Waals surface area contributed by atoms with Crippen molar-refractivity contribution in [1.29, 1.82) is 0 Å². The lowest BCUT2D eigenvalue weighted by molar-refractivity contribution is 0.102. The molecule has 0 spiro atoms. The molecule has 0 aliphatic carbocycles. The van der Waals surface area contributed by atoms with Crippen molar-refractivity contribution in [1.82, 2.24) is 14.9 Å². The van der Waals surface area contributed by atoms with Crippen molar-refractivity contribution in [3.8, 4) is 0 Å². The number of benzene rings is 2. The largest absolute Gasteiger partial charge is 0.320 e. The Morgan fingerprint density at radius 2 is 1.73 bits per heavy atom. The maximum absolute atomic E-state index is 12.9. The van der Waals surface area contributed by atoms with Crippen LogP contribution in [0.3, 0.4) is 0 Å². The van der Waals surface area contributed by atoms with E-state index in [1.165, 1.54) is 24.3 Å². The normalized spacial score (nSPS) is 11.6. The third-order valence-electron chi connectivity index (χ3n) is 4.05. The minimum Gasteiger partial charge on any atom is -0.320 e. The molecule has 3 rings (SSSR count). The van der Waals surface area contributed by atoms with Crippen LogP contribution in [0.25, 0.3) is 0 Å². The first-order valence-corrected chi connectivity index (χ1v) is 11.5. The van der Waals surface area contributed by atoms with Gasteiger partial charge in [0.1, 0.15) is 10.8 Å². The summed E-state index contributed by atoms with van der Waals surface area (Å²) < 4.78 is 40.4. The summed E-state index contributed by atoms with van der Waals surface area (Å²) in [5.74, 6) is -0.431. The number of hydrogen-bond donors (Lipinski definition) is 2. The Hall–Kier alpha value is -2.69. The van der Waals surface area contributed by atoms with Gasteiger partial charge in [-0.1, -0.05) is 37.3 Å². The van der Waals surface area contributed by atoms with Crippen LogP contribution in [-0.4, -0.2) is 24.5 Å². The number of carbonyl (C=O) groups excluding carboxylic acids is 1. The summed E-state index contributed by atoms with van der Waals surface area (Å²) in [7, 11) is -3.71. The minimum absolute atomic E-state index is 0.0755. The molecule has 2 N–H and O–H groups in total. The molecule has 0 atom stereocenters. The summed E-state index contributed by atoms with van der Waals surface area (Å²) in [4.78, 5) is 12.4. The quantitative estimate of drug-likeness (QED) is 0.548. The summed E-state index contributed by atoms with van der Waals surface area (Å²) in [6.45, 7) is 4.11. The fourth-order valence-electron chi connectivity index (χ4n) is 2.65. The van der Waals surface area contributed by atoms with Crippen molar-refractivity contribution < 1.29 is 17.6 Å². The summed E-state index contributed by atoms with van der Waals surface area (Å²) in [6, 6.07) is 12.1. The van der Waals surface area contributed by atoms with Crippen LogP contribution in [0.5, 0.6) is 0 Å². The second-order valence-electron chi connectivity index (χ2n) is 7.03.